The molecule has 1 aliphatic rings. The molecule has 1 N–H and O–H groups in total. The molecule has 0 atom stereocenters. The SMILES string of the molecule is O=S(=O)(c1cccc(F)c1)N1CC[NH+](CCOc2ccccc2Cl)CC1. The van der Waals surface area contributed by atoms with Gasteiger partial charge in [0.15, 0.2) is 0 Å². The van der Waals surface area contributed by atoms with E-state index in [1.807, 2.05) is 18.2 Å². The average Bonchev–Trinajstić information content (AvgIpc) is 2.64. The Bertz CT molecular complexity index is 855. The van der Waals surface area contributed by atoms with Gasteiger partial charge in [0.1, 0.15) is 24.7 Å². The first-order valence-electron chi connectivity index (χ1n) is 8.43. The Morgan fingerprint density at radius 1 is 1.12 bits per heavy atom. The lowest BCUT2D eigenvalue weighted by Crippen LogP contribution is -3.15. The van der Waals surface area contributed by atoms with Crippen LogP contribution >= 0.6 is 11.6 Å². The lowest BCUT2D eigenvalue weighted by molar-refractivity contribution is -0.903. The molecular formula is C18H21ClFN2O3S+. The number of nitrogens with zero attached hydrogens (tertiary/aromatic N) is 1. The van der Waals surface area contributed by atoms with Crippen LogP contribution in [0.1, 0.15) is 0 Å². The summed E-state index contributed by atoms with van der Waals surface area (Å²) in [6.45, 7) is 3.44. The predicted octanol–water partition coefficient (Wildman–Crippen LogP) is 1.45. The Morgan fingerprint density at radius 3 is 2.54 bits per heavy atom. The van der Waals surface area contributed by atoms with Crippen LogP contribution in [0, 0.1) is 5.82 Å². The zero-order chi connectivity index (χ0) is 18.6. The molecule has 0 aliphatic carbocycles. The fraction of sp³-hybridized carbons (Fsp3) is 0.333. The number of quaternary nitrogens is 1. The van der Waals surface area contributed by atoms with Gasteiger partial charge in [-0.2, -0.15) is 4.31 Å². The van der Waals surface area contributed by atoms with Crippen LogP contribution in [0.3, 0.4) is 0 Å². The molecule has 3 rings (SSSR count). The Balaban J connectivity index is 1.50. The molecule has 1 aliphatic heterocycles. The minimum Gasteiger partial charge on any atom is -0.486 e. The molecule has 0 unspecified atom stereocenters. The predicted molar refractivity (Wildman–Crippen MR) is 97.7 cm³/mol. The summed E-state index contributed by atoms with van der Waals surface area (Å²) in [6.07, 6.45) is 0. The van der Waals surface area contributed by atoms with Gasteiger partial charge in [-0.05, 0) is 30.3 Å². The molecule has 1 heterocycles. The topological polar surface area (TPSA) is 51.0 Å². The van der Waals surface area contributed by atoms with Crippen molar-refractivity contribution < 1.29 is 22.4 Å². The number of hydrogen-bond donors (Lipinski definition) is 1. The van der Waals surface area contributed by atoms with E-state index in [-0.39, 0.29) is 4.90 Å². The zero-order valence-electron chi connectivity index (χ0n) is 14.2. The van der Waals surface area contributed by atoms with E-state index in [0.717, 1.165) is 12.6 Å². The molecule has 1 saturated heterocycles. The molecule has 0 bridgehead atoms. The number of rotatable bonds is 6. The molecule has 0 radical (unpaired) electrons. The molecular weight excluding hydrogens is 379 g/mol. The van der Waals surface area contributed by atoms with Crippen LogP contribution in [-0.2, 0) is 10.0 Å². The molecule has 0 saturated carbocycles. The van der Waals surface area contributed by atoms with E-state index < -0.39 is 15.8 Å². The third kappa shape index (κ3) is 4.54. The van der Waals surface area contributed by atoms with E-state index in [9.17, 15) is 12.8 Å². The second-order valence-corrected chi connectivity index (χ2v) is 8.49. The smallest absolute Gasteiger partial charge is 0.243 e. The van der Waals surface area contributed by atoms with Crippen molar-refractivity contribution >= 4 is 21.6 Å². The third-order valence-electron chi connectivity index (χ3n) is 4.41. The van der Waals surface area contributed by atoms with E-state index >= 15 is 0 Å². The molecule has 0 aromatic heterocycles. The molecule has 140 valence electrons. The molecule has 26 heavy (non-hydrogen) atoms. The third-order valence-corrected chi connectivity index (χ3v) is 6.62. The minimum atomic E-state index is -3.65. The highest BCUT2D eigenvalue weighted by molar-refractivity contribution is 7.89. The molecule has 2 aromatic rings. The maximum Gasteiger partial charge on any atom is 0.243 e. The number of nitrogens with one attached hydrogen (secondary N) is 1. The van der Waals surface area contributed by atoms with Gasteiger partial charge in [-0.3, -0.25) is 0 Å². The first-order chi connectivity index (χ1) is 12.5. The zero-order valence-corrected chi connectivity index (χ0v) is 15.8. The second kappa shape index (κ2) is 8.35. The molecule has 2 aromatic carbocycles. The molecule has 8 heteroatoms. The fourth-order valence-corrected chi connectivity index (χ4v) is 4.60. The van der Waals surface area contributed by atoms with Crippen LogP contribution < -0.4 is 9.64 Å². The van der Waals surface area contributed by atoms with Crippen molar-refractivity contribution in [1.29, 1.82) is 0 Å². The monoisotopic (exact) mass is 399 g/mol. The summed E-state index contributed by atoms with van der Waals surface area (Å²) in [4.78, 5) is 1.27. The van der Waals surface area contributed by atoms with Crippen LogP contribution in [0.4, 0.5) is 4.39 Å². The molecule has 0 amide bonds. The van der Waals surface area contributed by atoms with Gasteiger partial charge < -0.3 is 9.64 Å². The second-order valence-electron chi connectivity index (χ2n) is 6.14. The normalized spacial score (nSPS) is 16.5. The van der Waals surface area contributed by atoms with Gasteiger partial charge in [0, 0.05) is 0 Å². The average molecular weight is 400 g/mol. The first kappa shape index (κ1) is 19.1. The fourth-order valence-electron chi connectivity index (χ4n) is 2.94. The summed E-state index contributed by atoms with van der Waals surface area (Å²) >= 11 is 6.05. The molecule has 1 fully saturated rings. The Labute approximate surface area is 158 Å². The van der Waals surface area contributed by atoms with Crippen LogP contribution in [0.5, 0.6) is 5.75 Å². The lowest BCUT2D eigenvalue weighted by Gasteiger charge is -2.31. The highest BCUT2D eigenvalue weighted by Gasteiger charge is 2.30. The van der Waals surface area contributed by atoms with Gasteiger partial charge >= 0.3 is 0 Å². The molecule has 0 spiro atoms. The quantitative estimate of drug-likeness (QED) is 0.799. The van der Waals surface area contributed by atoms with Crippen LogP contribution in [0.25, 0.3) is 0 Å². The highest BCUT2D eigenvalue weighted by Crippen LogP contribution is 2.22. The van der Waals surface area contributed by atoms with Crippen molar-refractivity contribution in [3.63, 3.8) is 0 Å². The number of para-hydroxylation sites is 1. The molecule has 5 nitrogen and oxygen atoms in total. The number of benzene rings is 2. The summed E-state index contributed by atoms with van der Waals surface area (Å²) in [5.41, 5.74) is 0. The number of sulfonamides is 1. The van der Waals surface area contributed by atoms with Gasteiger partial charge in [0.2, 0.25) is 10.0 Å². The van der Waals surface area contributed by atoms with Crippen molar-refractivity contribution in [2.75, 3.05) is 39.3 Å². The number of ether oxygens (including phenoxy) is 1. The van der Waals surface area contributed by atoms with E-state index in [1.54, 1.807) is 6.07 Å². The van der Waals surface area contributed by atoms with E-state index in [0.29, 0.717) is 43.6 Å². The number of hydrogen-bond acceptors (Lipinski definition) is 3. The van der Waals surface area contributed by atoms with Gasteiger partial charge in [0.25, 0.3) is 0 Å². The summed E-state index contributed by atoms with van der Waals surface area (Å²) in [5, 5.41) is 0.577. The highest BCUT2D eigenvalue weighted by atomic mass is 35.5. The van der Waals surface area contributed by atoms with Crippen LogP contribution in [0.2, 0.25) is 5.02 Å². The largest absolute Gasteiger partial charge is 0.486 e. The lowest BCUT2D eigenvalue weighted by atomic mass is 10.3. The van der Waals surface area contributed by atoms with Crippen LogP contribution in [0.15, 0.2) is 53.4 Å². The number of piperazine rings is 1. The van der Waals surface area contributed by atoms with Gasteiger partial charge in [-0.25, -0.2) is 12.8 Å². The summed E-state index contributed by atoms with van der Waals surface area (Å²) < 4.78 is 45.6. The minimum absolute atomic E-state index is 0.00278. The number of halogens is 2. The van der Waals surface area contributed by atoms with Gasteiger partial charge in [-0.15, -0.1) is 0 Å². The Morgan fingerprint density at radius 2 is 1.85 bits per heavy atom. The van der Waals surface area contributed by atoms with Crippen molar-refractivity contribution in [2.24, 2.45) is 0 Å². The maximum atomic E-state index is 13.3. The van der Waals surface area contributed by atoms with Crippen molar-refractivity contribution in [2.45, 2.75) is 4.90 Å². The van der Waals surface area contributed by atoms with Crippen molar-refractivity contribution in [3.05, 3.63) is 59.4 Å². The maximum absolute atomic E-state index is 13.3. The van der Waals surface area contributed by atoms with E-state index in [2.05, 4.69) is 0 Å². The standard InChI is InChI=1S/C18H20ClFN2O3S/c19-17-6-1-2-7-18(17)25-13-12-21-8-10-22(11-9-21)26(23,24)16-5-3-4-15(20)14-16/h1-7,14H,8-13H2/p+1. The van der Waals surface area contributed by atoms with E-state index in [4.69, 9.17) is 16.3 Å². The first-order valence-corrected chi connectivity index (χ1v) is 10.3. The van der Waals surface area contributed by atoms with Crippen LogP contribution in [-0.4, -0.2) is 52.1 Å². The van der Waals surface area contributed by atoms with Crippen molar-refractivity contribution in [1.82, 2.24) is 4.31 Å². The van der Waals surface area contributed by atoms with Crippen molar-refractivity contribution in [3.8, 4) is 5.75 Å². The summed E-state index contributed by atoms with van der Waals surface area (Å²) in [7, 11) is -3.65. The summed E-state index contributed by atoms with van der Waals surface area (Å²) in [5.74, 6) is 0.105. The van der Waals surface area contributed by atoms with Gasteiger partial charge in [-0.1, -0.05) is 29.8 Å². The van der Waals surface area contributed by atoms with Gasteiger partial charge in [0.05, 0.1) is 36.1 Å². The summed E-state index contributed by atoms with van der Waals surface area (Å²) in [6, 6.07) is 12.4. The Kier molecular flexibility index (Phi) is 6.13. The van der Waals surface area contributed by atoms with E-state index in [1.165, 1.54) is 27.4 Å². The Hall–Kier alpha value is -1.67.